The highest BCUT2D eigenvalue weighted by Gasteiger charge is 2.31. The van der Waals surface area contributed by atoms with Gasteiger partial charge in [-0.1, -0.05) is 12.1 Å². The average molecular weight is 296 g/mol. The molecule has 3 nitrogen and oxygen atoms in total. The minimum absolute atomic E-state index is 0.0192. The molecule has 2 aromatic rings. The van der Waals surface area contributed by atoms with Gasteiger partial charge in [0, 0.05) is 18.2 Å². The first-order valence-corrected chi connectivity index (χ1v) is 6.85. The molecular formula is C15H15F3N2O. The smallest absolute Gasteiger partial charge is 0.394 e. The molecule has 112 valence electrons. The van der Waals surface area contributed by atoms with Crippen LogP contribution in [-0.2, 0) is 12.6 Å². The standard InChI is InChI=1S/C15H15F3N2O/c16-15(17,18)11-4-1-3-10(7-11)13-8-20-12(9-21)5-2-6-14(20)19-13/h1,3-4,7-8,12,21H,2,5-6,9H2. The minimum atomic E-state index is -4.36. The fourth-order valence-electron chi connectivity index (χ4n) is 2.74. The van der Waals surface area contributed by atoms with Gasteiger partial charge in [-0.25, -0.2) is 4.98 Å². The van der Waals surface area contributed by atoms with E-state index in [1.165, 1.54) is 6.07 Å². The third-order valence-corrected chi connectivity index (χ3v) is 3.84. The molecule has 1 N–H and O–H groups in total. The lowest BCUT2D eigenvalue weighted by atomic mass is 10.1. The summed E-state index contributed by atoms with van der Waals surface area (Å²) in [6.07, 6.45) is -0.0323. The van der Waals surface area contributed by atoms with Crippen molar-refractivity contribution < 1.29 is 18.3 Å². The molecule has 6 heteroatoms. The Labute approximate surface area is 120 Å². The number of aliphatic hydroxyl groups excluding tert-OH is 1. The zero-order valence-corrected chi connectivity index (χ0v) is 11.3. The van der Waals surface area contributed by atoms with Crippen LogP contribution in [0, 0.1) is 0 Å². The van der Waals surface area contributed by atoms with Gasteiger partial charge in [-0.2, -0.15) is 13.2 Å². The quantitative estimate of drug-likeness (QED) is 0.922. The number of hydrogen-bond acceptors (Lipinski definition) is 2. The first-order valence-electron chi connectivity index (χ1n) is 6.85. The zero-order chi connectivity index (χ0) is 15.0. The van der Waals surface area contributed by atoms with Gasteiger partial charge in [-0.3, -0.25) is 0 Å². The molecule has 3 rings (SSSR count). The van der Waals surface area contributed by atoms with Crippen LogP contribution < -0.4 is 0 Å². The second-order valence-electron chi connectivity index (χ2n) is 5.26. The van der Waals surface area contributed by atoms with Crippen LogP contribution in [-0.4, -0.2) is 21.3 Å². The number of halogens is 3. The van der Waals surface area contributed by atoms with E-state index in [0.29, 0.717) is 11.3 Å². The molecule has 1 aliphatic heterocycles. The predicted octanol–water partition coefficient (Wildman–Crippen LogP) is 3.44. The summed E-state index contributed by atoms with van der Waals surface area (Å²) >= 11 is 0. The van der Waals surface area contributed by atoms with Crippen LogP contribution in [0.4, 0.5) is 13.2 Å². The summed E-state index contributed by atoms with van der Waals surface area (Å²) in [6.45, 7) is 0.0192. The van der Waals surface area contributed by atoms with Crippen LogP contribution >= 0.6 is 0 Å². The molecule has 2 heterocycles. The van der Waals surface area contributed by atoms with Crippen LogP contribution in [0.1, 0.15) is 30.3 Å². The summed E-state index contributed by atoms with van der Waals surface area (Å²) in [5.41, 5.74) is 0.296. The van der Waals surface area contributed by atoms with Gasteiger partial charge in [0.05, 0.1) is 23.9 Å². The molecule has 1 aromatic heterocycles. The lowest BCUT2D eigenvalue weighted by Gasteiger charge is -2.22. The monoisotopic (exact) mass is 296 g/mol. The van der Waals surface area contributed by atoms with Crippen molar-refractivity contribution in [1.29, 1.82) is 0 Å². The van der Waals surface area contributed by atoms with Crippen LogP contribution in [0.15, 0.2) is 30.5 Å². The maximum atomic E-state index is 12.8. The largest absolute Gasteiger partial charge is 0.416 e. The second kappa shape index (κ2) is 5.18. The van der Waals surface area contributed by atoms with E-state index in [2.05, 4.69) is 4.98 Å². The topological polar surface area (TPSA) is 38.1 Å². The van der Waals surface area contributed by atoms with Gasteiger partial charge in [0.25, 0.3) is 0 Å². The summed E-state index contributed by atoms with van der Waals surface area (Å²) in [5, 5.41) is 9.37. The van der Waals surface area contributed by atoms with Gasteiger partial charge in [0.15, 0.2) is 0 Å². The summed E-state index contributed by atoms with van der Waals surface area (Å²) in [7, 11) is 0. The molecular weight excluding hydrogens is 281 g/mol. The van der Waals surface area contributed by atoms with Gasteiger partial charge in [-0.15, -0.1) is 0 Å². The number of rotatable bonds is 2. The van der Waals surface area contributed by atoms with E-state index in [1.54, 1.807) is 12.3 Å². The summed E-state index contributed by atoms with van der Waals surface area (Å²) in [6, 6.07) is 5.15. The fraction of sp³-hybridized carbons (Fsp3) is 0.400. The van der Waals surface area contributed by atoms with Crippen molar-refractivity contribution in [3.8, 4) is 11.3 Å². The van der Waals surface area contributed by atoms with E-state index < -0.39 is 11.7 Å². The van der Waals surface area contributed by atoms with Crippen molar-refractivity contribution in [3.63, 3.8) is 0 Å². The fourth-order valence-corrected chi connectivity index (χ4v) is 2.74. The Balaban J connectivity index is 2.00. The molecule has 0 saturated carbocycles. The van der Waals surface area contributed by atoms with Crippen molar-refractivity contribution in [2.45, 2.75) is 31.5 Å². The van der Waals surface area contributed by atoms with Crippen molar-refractivity contribution >= 4 is 0 Å². The number of alkyl halides is 3. The summed E-state index contributed by atoms with van der Waals surface area (Å²) < 4.78 is 40.2. The maximum Gasteiger partial charge on any atom is 0.416 e. The molecule has 0 saturated heterocycles. The van der Waals surface area contributed by atoms with Crippen molar-refractivity contribution in [2.75, 3.05) is 6.61 Å². The molecule has 0 fully saturated rings. The Bertz CT molecular complexity index is 649. The molecule has 0 aliphatic carbocycles. The highest BCUT2D eigenvalue weighted by atomic mass is 19.4. The Morgan fingerprint density at radius 2 is 2.14 bits per heavy atom. The van der Waals surface area contributed by atoms with Crippen molar-refractivity contribution in [1.82, 2.24) is 9.55 Å². The van der Waals surface area contributed by atoms with Crippen LogP contribution in [0.25, 0.3) is 11.3 Å². The molecule has 1 unspecified atom stereocenters. The molecule has 1 aromatic carbocycles. The number of imidazole rings is 1. The van der Waals surface area contributed by atoms with Crippen LogP contribution in [0.2, 0.25) is 0 Å². The van der Waals surface area contributed by atoms with E-state index in [1.807, 2.05) is 4.57 Å². The summed E-state index contributed by atoms with van der Waals surface area (Å²) in [4.78, 5) is 4.43. The van der Waals surface area contributed by atoms with Crippen molar-refractivity contribution in [2.24, 2.45) is 0 Å². The third-order valence-electron chi connectivity index (χ3n) is 3.84. The number of aryl methyl sites for hydroxylation is 1. The molecule has 0 radical (unpaired) electrons. The number of fused-ring (bicyclic) bond motifs is 1. The predicted molar refractivity (Wildman–Crippen MR) is 71.7 cm³/mol. The Hall–Kier alpha value is -1.82. The summed E-state index contributed by atoms with van der Waals surface area (Å²) in [5.74, 6) is 0.827. The van der Waals surface area contributed by atoms with E-state index in [-0.39, 0.29) is 12.6 Å². The molecule has 0 bridgehead atoms. The van der Waals surface area contributed by atoms with Crippen molar-refractivity contribution in [3.05, 3.63) is 41.9 Å². The molecule has 0 amide bonds. The van der Waals surface area contributed by atoms with Gasteiger partial charge in [0.2, 0.25) is 0 Å². The van der Waals surface area contributed by atoms with Gasteiger partial charge >= 0.3 is 6.18 Å². The molecule has 1 atom stereocenters. The van der Waals surface area contributed by atoms with Crippen LogP contribution in [0.5, 0.6) is 0 Å². The second-order valence-corrected chi connectivity index (χ2v) is 5.26. The molecule has 1 aliphatic rings. The van der Waals surface area contributed by atoms with Gasteiger partial charge < -0.3 is 9.67 Å². The normalized spacial score (nSPS) is 18.6. The molecule has 0 spiro atoms. The van der Waals surface area contributed by atoms with E-state index in [4.69, 9.17) is 0 Å². The first kappa shape index (κ1) is 14.1. The SMILES string of the molecule is OCC1CCCc2nc(-c3cccc(C(F)(F)F)c3)cn21. The Morgan fingerprint density at radius 1 is 1.33 bits per heavy atom. The lowest BCUT2D eigenvalue weighted by molar-refractivity contribution is -0.137. The average Bonchev–Trinajstić information content (AvgIpc) is 2.90. The highest BCUT2D eigenvalue weighted by molar-refractivity contribution is 5.60. The highest BCUT2D eigenvalue weighted by Crippen LogP contribution is 2.33. The van der Waals surface area contributed by atoms with Gasteiger partial charge in [0.1, 0.15) is 5.82 Å². The van der Waals surface area contributed by atoms with Crippen LogP contribution in [0.3, 0.4) is 0 Å². The number of aliphatic hydroxyl groups is 1. The number of nitrogens with zero attached hydrogens (tertiary/aromatic N) is 2. The number of benzene rings is 1. The maximum absolute atomic E-state index is 12.8. The molecule has 21 heavy (non-hydrogen) atoms. The zero-order valence-electron chi connectivity index (χ0n) is 11.3. The Morgan fingerprint density at radius 3 is 2.86 bits per heavy atom. The van der Waals surface area contributed by atoms with E-state index >= 15 is 0 Å². The number of hydrogen-bond donors (Lipinski definition) is 1. The number of aromatic nitrogens is 2. The lowest BCUT2D eigenvalue weighted by Crippen LogP contribution is -2.20. The van der Waals surface area contributed by atoms with Gasteiger partial charge in [-0.05, 0) is 25.0 Å². The van der Waals surface area contributed by atoms with E-state index in [9.17, 15) is 18.3 Å². The first-order chi connectivity index (χ1) is 9.99. The minimum Gasteiger partial charge on any atom is -0.394 e. The van der Waals surface area contributed by atoms with E-state index in [0.717, 1.165) is 37.2 Å². The Kier molecular flexibility index (Phi) is 3.49. The third kappa shape index (κ3) is 2.68.